The van der Waals surface area contributed by atoms with Gasteiger partial charge in [0.2, 0.25) is 29.5 Å². The van der Waals surface area contributed by atoms with E-state index in [1.54, 1.807) is 27.7 Å². The minimum Gasteiger partial charge on any atom is -0.481 e. The molecule has 9 N–H and O–H groups in total. The van der Waals surface area contributed by atoms with Gasteiger partial charge < -0.3 is 42.7 Å². The topological polar surface area (TPSA) is 238 Å². The van der Waals surface area contributed by atoms with Crippen molar-refractivity contribution in [2.75, 3.05) is 0 Å². The highest BCUT2D eigenvalue weighted by Gasteiger charge is 2.31. The SMILES string of the molecule is CC(C)C[C@@H](CC(=O)O)NC(=O)C[C@H](C)NC(=O)C[C@@H](NC(=O)[C@@H](F)[C@H](C)NC(=O)C[C@H](CC(C)C)NC(=O)C[C@H](C)NC(=O)C[C@@H](N)C(C)C)C(C)C. The molecule has 0 unspecified atom stereocenters. The van der Waals surface area contributed by atoms with Gasteiger partial charge in [-0.1, -0.05) is 55.4 Å². The van der Waals surface area contributed by atoms with Crippen molar-refractivity contribution in [1.82, 2.24) is 31.9 Å². The predicted octanol–water partition coefficient (Wildman–Crippen LogP) is 2.45. The van der Waals surface area contributed by atoms with Crippen molar-refractivity contribution in [2.45, 2.75) is 176 Å². The molecule has 0 bridgehead atoms. The second kappa shape index (κ2) is 25.3. The van der Waals surface area contributed by atoms with Gasteiger partial charge in [-0.3, -0.25) is 33.6 Å². The zero-order valence-electron chi connectivity index (χ0n) is 34.3. The summed E-state index contributed by atoms with van der Waals surface area (Å²) in [7, 11) is 0. The van der Waals surface area contributed by atoms with Crippen LogP contribution >= 0.6 is 0 Å². The highest BCUT2D eigenvalue weighted by atomic mass is 19.1. The number of hydrogen-bond acceptors (Lipinski definition) is 8. The maximum atomic E-state index is 15.3. The number of carbonyl (C=O) groups excluding carboxylic acids is 6. The molecule has 0 radical (unpaired) electrons. The van der Waals surface area contributed by atoms with Gasteiger partial charge in [-0.05, 0) is 57.3 Å². The van der Waals surface area contributed by atoms with Gasteiger partial charge in [0.15, 0.2) is 6.17 Å². The first kappa shape index (κ1) is 50.2. The molecule has 0 saturated heterocycles. The molecule has 15 nitrogen and oxygen atoms in total. The molecule has 0 heterocycles. The first-order valence-corrected chi connectivity index (χ1v) is 19.3. The number of rotatable bonds is 26. The minimum absolute atomic E-state index is 0.0151. The maximum Gasteiger partial charge on any atom is 0.305 e. The van der Waals surface area contributed by atoms with E-state index >= 15 is 4.39 Å². The zero-order chi connectivity index (χ0) is 41.9. The summed E-state index contributed by atoms with van der Waals surface area (Å²) in [6.07, 6.45) is -1.72. The molecule has 0 aromatic carbocycles. The Morgan fingerprint density at radius 3 is 1.33 bits per heavy atom. The maximum absolute atomic E-state index is 15.3. The quantitative estimate of drug-likeness (QED) is 0.0644. The lowest BCUT2D eigenvalue weighted by molar-refractivity contribution is -0.138. The Bertz CT molecular complexity index is 1230. The Morgan fingerprint density at radius 1 is 0.519 bits per heavy atom. The number of amides is 6. The van der Waals surface area contributed by atoms with Crippen LogP contribution in [0.2, 0.25) is 0 Å². The van der Waals surface area contributed by atoms with Crippen LogP contribution in [0.5, 0.6) is 0 Å². The third-order valence-electron chi connectivity index (χ3n) is 8.79. The van der Waals surface area contributed by atoms with Gasteiger partial charge >= 0.3 is 5.97 Å². The van der Waals surface area contributed by atoms with E-state index < -0.39 is 72.0 Å². The first-order valence-electron chi connectivity index (χ1n) is 19.3. The molecule has 54 heavy (non-hydrogen) atoms. The molecule has 8 atom stereocenters. The van der Waals surface area contributed by atoms with Crippen LogP contribution < -0.4 is 37.6 Å². The molecule has 0 saturated carbocycles. The van der Waals surface area contributed by atoms with E-state index in [1.807, 2.05) is 41.5 Å². The lowest BCUT2D eigenvalue weighted by atomic mass is 9.99. The van der Waals surface area contributed by atoms with Crippen LogP contribution in [0.15, 0.2) is 0 Å². The summed E-state index contributed by atoms with van der Waals surface area (Å²) in [5, 5.41) is 25.3. The Hall–Kier alpha value is -3.82. The van der Waals surface area contributed by atoms with E-state index in [2.05, 4.69) is 31.9 Å². The summed E-state index contributed by atoms with van der Waals surface area (Å²) in [5.74, 6) is -3.94. The molecule has 0 aliphatic heterocycles. The molecule has 0 aliphatic rings. The highest BCUT2D eigenvalue weighted by molar-refractivity contribution is 5.85. The van der Waals surface area contributed by atoms with E-state index in [9.17, 15) is 33.6 Å². The minimum atomic E-state index is -2.14. The monoisotopic (exact) mass is 772 g/mol. The third kappa shape index (κ3) is 23.1. The van der Waals surface area contributed by atoms with E-state index in [-0.39, 0.29) is 80.1 Å². The molecule has 0 aliphatic carbocycles. The summed E-state index contributed by atoms with van der Waals surface area (Å²) in [6.45, 7) is 19.7. The van der Waals surface area contributed by atoms with Crippen molar-refractivity contribution in [3.63, 3.8) is 0 Å². The largest absolute Gasteiger partial charge is 0.481 e. The van der Waals surface area contributed by atoms with Crippen LogP contribution in [0.25, 0.3) is 0 Å². The molecule has 312 valence electrons. The number of carbonyl (C=O) groups is 7. The van der Waals surface area contributed by atoms with E-state index in [4.69, 9.17) is 10.8 Å². The summed E-state index contributed by atoms with van der Waals surface area (Å²) >= 11 is 0. The second-order valence-electron chi connectivity index (χ2n) is 16.4. The number of halogens is 1. The van der Waals surface area contributed by atoms with Crippen molar-refractivity contribution in [3.05, 3.63) is 0 Å². The van der Waals surface area contributed by atoms with Crippen LogP contribution in [-0.2, 0) is 33.6 Å². The van der Waals surface area contributed by atoms with Gasteiger partial charge in [0.1, 0.15) is 0 Å². The lowest BCUT2D eigenvalue weighted by Gasteiger charge is -2.26. The second-order valence-corrected chi connectivity index (χ2v) is 16.4. The first-order chi connectivity index (χ1) is 24.9. The molecule has 0 fully saturated rings. The number of carboxylic acid groups (broad SMARTS) is 1. The summed E-state index contributed by atoms with van der Waals surface area (Å²) in [4.78, 5) is 87.5. The molecular formula is C38H70FN7O8. The molecule has 6 amide bonds. The molecule has 16 heteroatoms. The number of nitrogens with two attached hydrogens (primary N) is 1. The van der Waals surface area contributed by atoms with Crippen molar-refractivity contribution >= 4 is 41.4 Å². The van der Waals surface area contributed by atoms with Gasteiger partial charge in [-0.15, -0.1) is 0 Å². The number of alkyl halides is 1. The predicted molar refractivity (Wildman–Crippen MR) is 205 cm³/mol. The van der Waals surface area contributed by atoms with Crippen molar-refractivity contribution in [3.8, 4) is 0 Å². The average Bonchev–Trinajstić information content (AvgIpc) is 2.98. The molecule has 0 rings (SSSR count). The summed E-state index contributed by atoms with van der Waals surface area (Å²) < 4.78 is 15.3. The molecular weight excluding hydrogens is 701 g/mol. The van der Waals surface area contributed by atoms with Gasteiger partial charge in [0.25, 0.3) is 5.91 Å². The van der Waals surface area contributed by atoms with E-state index in [0.29, 0.717) is 12.8 Å². The fourth-order valence-corrected chi connectivity index (χ4v) is 5.84. The Morgan fingerprint density at radius 2 is 0.926 bits per heavy atom. The third-order valence-corrected chi connectivity index (χ3v) is 8.79. The van der Waals surface area contributed by atoms with Crippen LogP contribution in [0.3, 0.4) is 0 Å². The van der Waals surface area contributed by atoms with Gasteiger partial charge in [0.05, 0.1) is 12.5 Å². The van der Waals surface area contributed by atoms with Crippen molar-refractivity contribution in [2.24, 2.45) is 29.4 Å². The van der Waals surface area contributed by atoms with Crippen LogP contribution in [0.1, 0.15) is 128 Å². The van der Waals surface area contributed by atoms with Crippen molar-refractivity contribution < 1.29 is 43.1 Å². The van der Waals surface area contributed by atoms with Gasteiger partial charge in [-0.2, -0.15) is 0 Å². The van der Waals surface area contributed by atoms with Crippen LogP contribution in [0, 0.1) is 23.7 Å². The van der Waals surface area contributed by atoms with Crippen molar-refractivity contribution in [1.29, 1.82) is 0 Å². The standard InChI is InChI=1S/C38H70FN7O8/c1-20(2)12-27(44-31(47)14-24(9)41-34(50)18-29(40)22(5)6)16-33(49)43-26(11)37(39)38(54)46-30(23(7)8)19-35(51)42-25(10)15-32(48)45-28(13-21(3)4)17-36(52)53/h20-30,37H,12-19,40H2,1-11H3,(H,41,50)(H,42,51)(H,43,49)(H,44,47)(H,45,48)(H,46,54)(H,52,53)/t24-,25-,26-,27-,28-,29+,30+,37-/m0/s1. The summed E-state index contributed by atoms with van der Waals surface area (Å²) in [5.41, 5.74) is 5.97. The smallest absolute Gasteiger partial charge is 0.305 e. The normalized spacial score (nSPS) is 16.0. The number of hydrogen-bond donors (Lipinski definition) is 8. The van der Waals surface area contributed by atoms with E-state index in [0.717, 1.165) is 0 Å². The Kier molecular flexibility index (Phi) is 23.5. The lowest BCUT2D eigenvalue weighted by Crippen LogP contribution is -2.52. The zero-order valence-corrected chi connectivity index (χ0v) is 34.3. The fourth-order valence-electron chi connectivity index (χ4n) is 5.84. The number of aliphatic carboxylic acids is 1. The Balaban J connectivity index is 5.13. The molecule has 0 spiro atoms. The fraction of sp³-hybridized carbons (Fsp3) is 0.816. The van der Waals surface area contributed by atoms with E-state index in [1.165, 1.54) is 6.92 Å². The van der Waals surface area contributed by atoms with Crippen LogP contribution in [-0.4, -0.2) is 95.0 Å². The number of nitrogens with one attached hydrogen (secondary N) is 6. The molecule has 0 aromatic rings. The average molecular weight is 772 g/mol. The summed E-state index contributed by atoms with van der Waals surface area (Å²) in [6, 6.07) is -4.45. The Labute approximate surface area is 321 Å². The van der Waals surface area contributed by atoms with Gasteiger partial charge in [-0.25, -0.2) is 4.39 Å². The molecule has 0 aromatic heterocycles. The highest BCUT2D eigenvalue weighted by Crippen LogP contribution is 2.13. The van der Waals surface area contributed by atoms with Crippen LogP contribution in [0.4, 0.5) is 4.39 Å². The number of carboxylic acids is 1. The van der Waals surface area contributed by atoms with Gasteiger partial charge in [0, 0.05) is 68.4 Å².